The van der Waals surface area contributed by atoms with Gasteiger partial charge in [-0.15, -0.1) is 0 Å². The van der Waals surface area contributed by atoms with Gasteiger partial charge in [0.1, 0.15) is 23.7 Å². The summed E-state index contributed by atoms with van der Waals surface area (Å²) >= 11 is 0. The first-order valence-corrected chi connectivity index (χ1v) is 9.29. The van der Waals surface area contributed by atoms with Gasteiger partial charge in [-0.05, 0) is 25.2 Å². The van der Waals surface area contributed by atoms with Crippen LogP contribution in [0.5, 0.6) is 0 Å². The maximum absolute atomic E-state index is 12.7. The van der Waals surface area contributed by atoms with Crippen LogP contribution in [0, 0.1) is 5.92 Å². The summed E-state index contributed by atoms with van der Waals surface area (Å²) in [7, 11) is 0. The maximum Gasteiger partial charge on any atom is 0.273 e. The standard InChI is InChI=1S/C18H24N6O3/c1-10-2-3-14-13(4-10)17(23-27-14)18(26)20-7-11-5-12(25)8-24(11)16-6-15(19)21-9-22-16/h6,9-12,25H,2-5,7-8H2,1H3,(H,20,26)(H2,19,21,22)/t10?,11-,12-/m1/s1. The summed E-state index contributed by atoms with van der Waals surface area (Å²) in [4.78, 5) is 22.7. The quantitative estimate of drug-likeness (QED) is 0.709. The van der Waals surface area contributed by atoms with Crippen LogP contribution in [0.3, 0.4) is 0 Å². The third-order valence-electron chi connectivity index (χ3n) is 5.36. The van der Waals surface area contributed by atoms with Crippen LogP contribution in [0.1, 0.15) is 41.6 Å². The topological polar surface area (TPSA) is 130 Å². The number of carbonyl (C=O) groups excluding carboxylic acids is 1. The van der Waals surface area contributed by atoms with E-state index in [2.05, 4.69) is 27.4 Å². The summed E-state index contributed by atoms with van der Waals surface area (Å²) in [6.45, 7) is 2.98. The van der Waals surface area contributed by atoms with E-state index in [0.717, 1.165) is 30.6 Å². The summed E-state index contributed by atoms with van der Waals surface area (Å²) in [5.41, 5.74) is 7.05. The number of rotatable bonds is 4. The second-order valence-electron chi connectivity index (χ2n) is 7.49. The first kappa shape index (κ1) is 17.7. The second kappa shape index (κ2) is 7.15. The Bertz CT molecular complexity index is 838. The summed E-state index contributed by atoms with van der Waals surface area (Å²) in [5.74, 6) is 2.12. The van der Waals surface area contributed by atoms with E-state index >= 15 is 0 Å². The Labute approximate surface area is 157 Å². The number of nitrogen functional groups attached to an aromatic ring is 1. The van der Waals surface area contributed by atoms with Crippen molar-refractivity contribution in [2.45, 2.75) is 44.8 Å². The minimum Gasteiger partial charge on any atom is -0.391 e. The number of aliphatic hydroxyl groups excluding tert-OH is 1. The molecule has 1 aliphatic carbocycles. The second-order valence-corrected chi connectivity index (χ2v) is 7.49. The third-order valence-corrected chi connectivity index (χ3v) is 5.36. The zero-order chi connectivity index (χ0) is 19.0. The highest BCUT2D eigenvalue weighted by molar-refractivity contribution is 5.93. The number of hydrogen-bond acceptors (Lipinski definition) is 8. The van der Waals surface area contributed by atoms with Crippen LogP contribution in [-0.2, 0) is 12.8 Å². The number of nitrogens with two attached hydrogens (primary N) is 1. The molecule has 9 heteroatoms. The molecule has 0 spiro atoms. The fourth-order valence-electron chi connectivity index (χ4n) is 3.94. The van der Waals surface area contributed by atoms with E-state index in [9.17, 15) is 9.90 Å². The van der Waals surface area contributed by atoms with Crippen LogP contribution >= 0.6 is 0 Å². The molecule has 0 radical (unpaired) electrons. The largest absolute Gasteiger partial charge is 0.391 e. The summed E-state index contributed by atoms with van der Waals surface area (Å²) in [5, 5.41) is 17.0. The van der Waals surface area contributed by atoms with Gasteiger partial charge in [0.2, 0.25) is 0 Å². The molecule has 3 atom stereocenters. The first-order valence-electron chi connectivity index (χ1n) is 9.29. The van der Waals surface area contributed by atoms with Crippen molar-refractivity contribution in [1.82, 2.24) is 20.4 Å². The smallest absolute Gasteiger partial charge is 0.273 e. The van der Waals surface area contributed by atoms with Crippen LogP contribution in [-0.4, -0.2) is 51.4 Å². The molecular formula is C18H24N6O3. The van der Waals surface area contributed by atoms with Crippen LogP contribution in [0.15, 0.2) is 16.9 Å². The molecule has 9 nitrogen and oxygen atoms in total. The molecule has 1 aliphatic heterocycles. The van der Waals surface area contributed by atoms with Crippen molar-refractivity contribution in [1.29, 1.82) is 0 Å². The molecule has 4 rings (SSSR count). The highest BCUT2D eigenvalue weighted by Crippen LogP contribution is 2.28. The Hall–Kier alpha value is -2.68. The lowest BCUT2D eigenvalue weighted by molar-refractivity contribution is 0.0940. The van der Waals surface area contributed by atoms with E-state index in [1.165, 1.54) is 6.33 Å². The van der Waals surface area contributed by atoms with Gasteiger partial charge in [-0.2, -0.15) is 0 Å². The molecule has 3 heterocycles. The number of carbonyl (C=O) groups is 1. The average molecular weight is 372 g/mol. The number of β-amino-alcohol motifs (C(OH)–C–C–N with tert-alkyl or cyclic N) is 1. The first-order chi connectivity index (χ1) is 13.0. The van der Waals surface area contributed by atoms with Gasteiger partial charge in [-0.25, -0.2) is 9.97 Å². The molecular weight excluding hydrogens is 348 g/mol. The van der Waals surface area contributed by atoms with Gasteiger partial charge in [0.25, 0.3) is 5.91 Å². The number of amides is 1. The number of hydrogen-bond donors (Lipinski definition) is 3. The molecule has 2 aromatic heterocycles. The minimum absolute atomic E-state index is 0.0834. The Kier molecular flexibility index (Phi) is 4.69. The van der Waals surface area contributed by atoms with E-state index in [-0.39, 0.29) is 11.9 Å². The molecule has 4 N–H and O–H groups in total. The molecule has 1 saturated heterocycles. The average Bonchev–Trinajstić information content (AvgIpc) is 3.22. The normalized spacial score (nSPS) is 24.7. The molecule has 0 aromatic carbocycles. The molecule has 1 amide bonds. The SMILES string of the molecule is CC1CCc2onc(C(=O)NC[C@H]3C[C@@H](O)CN3c3cc(N)ncn3)c2C1. The van der Waals surface area contributed by atoms with Crippen molar-refractivity contribution in [3.8, 4) is 0 Å². The number of anilines is 2. The van der Waals surface area contributed by atoms with Crippen LogP contribution in [0.25, 0.3) is 0 Å². The molecule has 27 heavy (non-hydrogen) atoms. The lowest BCUT2D eigenvalue weighted by Crippen LogP contribution is -2.41. The highest BCUT2D eigenvalue weighted by atomic mass is 16.5. The molecule has 0 bridgehead atoms. The van der Waals surface area contributed by atoms with Crippen LogP contribution in [0.2, 0.25) is 0 Å². The predicted octanol–water partition coefficient (Wildman–Crippen LogP) is 0.541. The summed E-state index contributed by atoms with van der Waals surface area (Å²) in [6.07, 6.45) is 4.15. The van der Waals surface area contributed by atoms with Gasteiger partial charge < -0.3 is 25.6 Å². The van der Waals surface area contributed by atoms with Crippen molar-refractivity contribution in [3.63, 3.8) is 0 Å². The summed E-state index contributed by atoms with van der Waals surface area (Å²) in [6, 6.07) is 1.59. The number of aryl methyl sites for hydroxylation is 1. The zero-order valence-corrected chi connectivity index (χ0v) is 15.3. The van der Waals surface area contributed by atoms with Crippen molar-refractivity contribution >= 4 is 17.5 Å². The van der Waals surface area contributed by atoms with Gasteiger partial charge in [0.15, 0.2) is 5.69 Å². The van der Waals surface area contributed by atoms with E-state index in [1.54, 1.807) is 6.07 Å². The fourth-order valence-corrected chi connectivity index (χ4v) is 3.94. The predicted molar refractivity (Wildman–Crippen MR) is 98.2 cm³/mol. The fraction of sp³-hybridized carbons (Fsp3) is 0.556. The molecule has 1 fully saturated rings. The Morgan fingerprint density at radius 3 is 3.15 bits per heavy atom. The molecule has 0 saturated carbocycles. The van der Waals surface area contributed by atoms with Crippen LogP contribution < -0.4 is 16.0 Å². The van der Waals surface area contributed by atoms with Gasteiger partial charge in [0.05, 0.1) is 12.1 Å². The monoisotopic (exact) mass is 372 g/mol. The van der Waals surface area contributed by atoms with Gasteiger partial charge in [-0.1, -0.05) is 12.1 Å². The van der Waals surface area contributed by atoms with Crippen LogP contribution in [0.4, 0.5) is 11.6 Å². The lowest BCUT2D eigenvalue weighted by atomic mass is 9.88. The summed E-state index contributed by atoms with van der Waals surface area (Å²) < 4.78 is 5.36. The zero-order valence-electron chi connectivity index (χ0n) is 15.3. The molecule has 1 unspecified atom stereocenters. The van der Waals surface area contributed by atoms with E-state index < -0.39 is 6.10 Å². The molecule has 2 aliphatic rings. The number of fused-ring (bicyclic) bond motifs is 1. The van der Waals surface area contributed by atoms with Gasteiger partial charge in [-0.3, -0.25) is 4.79 Å². The van der Waals surface area contributed by atoms with Gasteiger partial charge in [0, 0.05) is 31.1 Å². The number of aliphatic hydroxyl groups is 1. The Morgan fingerprint density at radius 1 is 1.48 bits per heavy atom. The Balaban J connectivity index is 1.44. The van der Waals surface area contributed by atoms with Crippen molar-refractivity contribution in [3.05, 3.63) is 29.4 Å². The third kappa shape index (κ3) is 3.59. The van der Waals surface area contributed by atoms with Crippen molar-refractivity contribution < 1.29 is 14.4 Å². The van der Waals surface area contributed by atoms with Gasteiger partial charge >= 0.3 is 0 Å². The number of aromatic nitrogens is 3. The molecule has 2 aromatic rings. The maximum atomic E-state index is 12.7. The van der Waals surface area contributed by atoms with E-state index in [1.807, 2.05) is 4.90 Å². The molecule has 144 valence electrons. The van der Waals surface area contributed by atoms with Crippen molar-refractivity contribution in [2.24, 2.45) is 5.92 Å². The van der Waals surface area contributed by atoms with E-state index in [4.69, 9.17) is 10.3 Å². The highest BCUT2D eigenvalue weighted by Gasteiger charge is 2.33. The van der Waals surface area contributed by atoms with Crippen molar-refractivity contribution in [2.75, 3.05) is 23.7 Å². The lowest BCUT2D eigenvalue weighted by Gasteiger charge is -2.25. The van der Waals surface area contributed by atoms with E-state index in [0.29, 0.717) is 42.8 Å². The number of nitrogens with one attached hydrogen (secondary N) is 1. The number of nitrogens with zero attached hydrogens (tertiary/aromatic N) is 4. The Morgan fingerprint density at radius 2 is 2.33 bits per heavy atom. The minimum atomic E-state index is -0.483.